The van der Waals surface area contributed by atoms with Gasteiger partial charge in [-0.2, -0.15) is 0 Å². The number of halogens is 1. The van der Waals surface area contributed by atoms with E-state index in [1.54, 1.807) is 37.6 Å². The number of aromatic nitrogens is 1. The van der Waals surface area contributed by atoms with Gasteiger partial charge in [-0.25, -0.2) is 0 Å². The van der Waals surface area contributed by atoms with Crippen LogP contribution in [0.15, 0.2) is 54.7 Å². The van der Waals surface area contributed by atoms with Gasteiger partial charge < -0.3 is 10.1 Å². The third-order valence-electron chi connectivity index (χ3n) is 3.27. The average Bonchev–Trinajstić information content (AvgIpc) is 2.54. The zero-order chi connectivity index (χ0) is 15.5. The number of hydrogen-bond donors (Lipinski definition) is 1. The van der Waals surface area contributed by atoms with E-state index >= 15 is 0 Å². The van der Waals surface area contributed by atoms with Gasteiger partial charge in [-0.1, -0.05) is 35.9 Å². The first-order valence-electron chi connectivity index (χ1n) is 6.67. The molecule has 0 saturated heterocycles. The number of anilines is 1. The third-order valence-corrected chi connectivity index (χ3v) is 3.57. The fourth-order valence-corrected chi connectivity index (χ4v) is 2.40. The van der Waals surface area contributed by atoms with Crippen molar-refractivity contribution in [3.05, 3.63) is 65.4 Å². The van der Waals surface area contributed by atoms with Crippen molar-refractivity contribution < 1.29 is 9.53 Å². The summed E-state index contributed by atoms with van der Waals surface area (Å²) in [4.78, 5) is 16.5. The van der Waals surface area contributed by atoms with Gasteiger partial charge in [0.15, 0.2) is 0 Å². The van der Waals surface area contributed by atoms with Crippen LogP contribution < -0.4 is 10.1 Å². The van der Waals surface area contributed by atoms with Crippen LogP contribution >= 0.6 is 11.6 Å². The van der Waals surface area contributed by atoms with Crippen molar-refractivity contribution >= 4 is 34.0 Å². The quantitative estimate of drug-likeness (QED) is 0.790. The molecule has 2 aromatic carbocycles. The number of nitrogens with one attached hydrogen (secondary N) is 1. The molecule has 1 heterocycles. The van der Waals surface area contributed by atoms with Crippen molar-refractivity contribution in [3.63, 3.8) is 0 Å². The molecular weight excluding hydrogens is 300 g/mol. The molecule has 3 rings (SSSR count). The highest BCUT2D eigenvalue weighted by molar-refractivity contribution is 6.32. The molecule has 1 amide bonds. The Morgan fingerprint density at radius 3 is 2.64 bits per heavy atom. The van der Waals surface area contributed by atoms with Crippen LogP contribution in [0.4, 0.5) is 5.69 Å². The topological polar surface area (TPSA) is 51.2 Å². The van der Waals surface area contributed by atoms with Gasteiger partial charge in [0, 0.05) is 17.3 Å². The molecule has 0 radical (unpaired) electrons. The Hall–Kier alpha value is -2.59. The number of hydrogen-bond acceptors (Lipinski definition) is 3. The van der Waals surface area contributed by atoms with Crippen LogP contribution in [0, 0.1) is 0 Å². The van der Waals surface area contributed by atoms with E-state index in [-0.39, 0.29) is 5.91 Å². The minimum Gasteiger partial charge on any atom is -0.495 e. The first-order valence-corrected chi connectivity index (χ1v) is 7.05. The second-order valence-electron chi connectivity index (χ2n) is 4.72. The predicted octanol–water partition coefficient (Wildman–Crippen LogP) is 4.15. The van der Waals surface area contributed by atoms with Crippen LogP contribution in [0.25, 0.3) is 10.8 Å². The predicted molar refractivity (Wildman–Crippen MR) is 87.7 cm³/mol. The van der Waals surface area contributed by atoms with E-state index in [1.807, 2.05) is 24.3 Å². The van der Waals surface area contributed by atoms with Gasteiger partial charge in [-0.05, 0) is 29.7 Å². The molecule has 1 aromatic heterocycles. The molecule has 1 N–H and O–H groups in total. The van der Waals surface area contributed by atoms with Crippen molar-refractivity contribution in [2.45, 2.75) is 0 Å². The monoisotopic (exact) mass is 312 g/mol. The highest BCUT2D eigenvalue weighted by Gasteiger charge is 2.10. The molecule has 0 aliphatic carbocycles. The molecule has 3 aromatic rings. The molecule has 4 nitrogen and oxygen atoms in total. The summed E-state index contributed by atoms with van der Waals surface area (Å²) in [5, 5.41) is 5.17. The van der Waals surface area contributed by atoms with Crippen molar-refractivity contribution in [1.82, 2.24) is 4.98 Å². The Balaban J connectivity index is 1.85. The lowest BCUT2D eigenvalue weighted by Crippen LogP contribution is -2.13. The zero-order valence-corrected chi connectivity index (χ0v) is 12.6. The molecule has 110 valence electrons. The van der Waals surface area contributed by atoms with E-state index in [0.717, 1.165) is 10.8 Å². The fraction of sp³-hybridized carbons (Fsp3) is 0.0588. The number of carbonyl (C=O) groups is 1. The summed E-state index contributed by atoms with van der Waals surface area (Å²) in [5.41, 5.74) is 0.941. The van der Waals surface area contributed by atoms with Gasteiger partial charge in [-0.15, -0.1) is 0 Å². The van der Waals surface area contributed by atoms with Gasteiger partial charge in [0.25, 0.3) is 5.91 Å². The van der Waals surface area contributed by atoms with Gasteiger partial charge in [-0.3, -0.25) is 9.78 Å². The number of carbonyl (C=O) groups excluding carboxylic acids is 1. The van der Waals surface area contributed by atoms with Crippen LogP contribution in [0.3, 0.4) is 0 Å². The highest BCUT2D eigenvalue weighted by Crippen LogP contribution is 2.27. The lowest BCUT2D eigenvalue weighted by atomic mass is 10.1. The summed E-state index contributed by atoms with van der Waals surface area (Å²) in [6.07, 6.45) is 1.69. The minimum atomic E-state index is -0.285. The summed E-state index contributed by atoms with van der Waals surface area (Å²) < 4.78 is 5.08. The number of pyridine rings is 1. The van der Waals surface area contributed by atoms with Gasteiger partial charge in [0.1, 0.15) is 11.4 Å². The second-order valence-corrected chi connectivity index (χ2v) is 5.13. The second kappa shape index (κ2) is 6.03. The van der Waals surface area contributed by atoms with Crippen molar-refractivity contribution in [2.24, 2.45) is 0 Å². The van der Waals surface area contributed by atoms with E-state index in [2.05, 4.69) is 10.3 Å². The lowest BCUT2D eigenvalue weighted by molar-refractivity contribution is 0.102. The first kappa shape index (κ1) is 14.4. The smallest absolute Gasteiger partial charge is 0.274 e. The molecule has 0 spiro atoms. The average molecular weight is 313 g/mol. The van der Waals surface area contributed by atoms with E-state index < -0.39 is 0 Å². The van der Waals surface area contributed by atoms with E-state index in [9.17, 15) is 4.79 Å². The summed E-state index contributed by atoms with van der Waals surface area (Å²) in [5.74, 6) is 0.274. The summed E-state index contributed by atoms with van der Waals surface area (Å²) >= 11 is 6.05. The number of benzene rings is 2. The molecule has 0 fully saturated rings. The number of ether oxygens (including phenoxy) is 1. The van der Waals surface area contributed by atoms with Crippen molar-refractivity contribution in [2.75, 3.05) is 12.4 Å². The summed E-state index contributed by atoms with van der Waals surface area (Å²) in [6.45, 7) is 0. The molecule has 0 atom stereocenters. The highest BCUT2D eigenvalue weighted by atomic mass is 35.5. The minimum absolute atomic E-state index is 0.285. The molecule has 0 aliphatic rings. The number of fused-ring (bicyclic) bond motifs is 1. The molecule has 22 heavy (non-hydrogen) atoms. The molecule has 0 bridgehead atoms. The zero-order valence-electron chi connectivity index (χ0n) is 11.8. The normalized spacial score (nSPS) is 10.5. The molecule has 0 unspecified atom stereocenters. The van der Waals surface area contributed by atoms with Crippen LogP contribution in [-0.4, -0.2) is 18.0 Å². The maximum atomic E-state index is 12.3. The van der Waals surface area contributed by atoms with E-state index in [0.29, 0.717) is 22.2 Å². The number of nitrogens with zero attached hydrogens (tertiary/aromatic N) is 1. The Morgan fingerprint density at radius 2 is 1.91 bits per heavy atom. The van der Waals surface area contributed by atoms with Crippen LogP contribution in [0.2, 0.25) is 5.02 Å². The largest absolute Gasteiger partial charge is 0.495 e. The van der Waals surface area contributed by atoms with E-state index in [4.69, 9.17) is 16.3 Å². The number of rotatable bonds is 3. The lowest BCUT2D eigenvalue weighted by Gasteiger charge is -2.08. The Kier molecular flexibility index (Phi) is 3.94. The molecule has 0 saturated carbocycles. The van der Waals surface area contributed by atoms with Crippen LogP contribution in [0.1, 0.15) is 10.5 Å². The maximum Gasteiger partial charge on any atom is 0.274 e. The van der Waals surface area contributed by atoms with Crippen molar-refractivity contribution in [3.8, 4) is 5.75 Å². The fourth-order valence-electron chi connectivity index (χ4n) is 2.15. The first-order chi connectivity index (χ1) is 10.7. The SMILES string of the molecule is COc1ccc(NC(=O)c2cc3ccccc3cn2)cc1Cl. The Labute approximate surface area is 132 Å². The molecule has 0 aliphatic heterocycles. The van der Waals surface area contributed by atoms with Gasteiger partial charge in [0.2, 0.25) is 0 Å². The maximum absolute atomic E-state index is 12.3. The number of amides is 1. The van der Waals surface area contributed by atoms with Crippen molar-refractivity contribution in [1.29, 1.82) is 0 Å². The Morgan fingerprint density at radius 1 is 1.14 bits per heavy atom. The van der Waals surface area contributed by atoms with Crippen LogP contribution in [-0.2, 0) is 0 Å². The van der Waals surface area contributed by atoms with Gasteiger partial charge >= 0.3 is 0 Å². The summed E-state index contributed by atoms with van der Waals surface area (Å²) in [6, 6.07) is 14.6. The van der Waals surface area contributed by atoms with Gasteiger partial charge in [0.05, 0.1) is 12.1 Å². The van der Waals surface area contributed by atoms with E-state index in [1.165, 1.54) is 0 Å². The summed E-state index contributed by atoms with van der Waals surface area (Å²) in [7, 11) is 1.54. The molecule has 5 heteroatoms. The van der Waals surface area contributed by atoms with Crippen LogP contribution in [0.5, 0.6) is 5.75 Å². The molecular formula is C17H13ClN2O2. The standard InChI is InChI=1S/C17H13ClN2O2/c1-22-16-7-6-13(9-14(16)18)20-17(21)15-8-11-4-2-3-5-12(11)10-19-15/h2-10H,1H3,(H,20,21). The third kappa shape index (κ3) is 2.87. The number of methoxy groups -OCH3 is 1. The Bertz CT molecular complexity index is 849.